The summed E-state index contributed by atoms with van der Waals surface area (Å²) in [5.41, 5.74) is 1.09. The van der Waals surface area contributed by atoms with Crippen molar-refractivity contribution in [3.8, 4) is 0 Å². The molecule has 144 valence electrons. The van der Waals surface area contributed by atoms with E-state index in [1.165, 1.54) is 11.8 Å². The van der Waals surface area contributed by atoms with Gasteiger partial charge in [-0.1, -0.05) is 16.9 Å². The molecule has 2 aromatic heterocycles. The van der Waals surface area contributed by atoms with Crippen molar-refractivity contribution in [1.82, 2.24) is 15.0 Å². The smallest absolute Gasteiger partial charge is 0.341 e. The summed E-state index contributed by atoms with van der Waals surface area (Å²) in [5.74, 6) is 0.442. The molecule has 9 heteroatoms. The second-order valence-corrected chi connectivity index (χ2v) is 7.02. The molecule has 1 fully saturated rings. The second kappa shape index (κ2) is 9.01. The number of rotatable bonds is 6. The quantitative estimate of drug-likeness (QED) is 0.546. The fraction of sp³-hybridized carbons (Fsp3) is 0.444. The Balaban J connectivity index is 1.62. The number of hydrogen-bond acceptors (Lipinski definition) is 8. The van der Waals surface area contributed by atoms with Crippen LogP contribution in [-0.2, 0) is 20.0 Å². The standard InChI is InChI=1S/C18H21N3O5S/c1-12-10-14(20-26-12)11-27-16-15(4-3-5-19-16)18(23)25-13(2)17(22)21-6-8-24-9-7-21/h3-5,10,13H,6-9,11H2,1-2H3/t13-/m0/s1. The first-order valence-corrected chi connectivity index (χ1v) is 9.60. The predicted octanol–water partition coefficient (Wildman–Crippen LogP) is 2.07. The third-order valence-electron chi connectivity index (χ3n) is 3.98. The van der Waals surface area contributed by atoms with Crippen LogP contribution in [0, 0.1) is 6.92 Å². The van der Waals surface area contributed by atoms with Crippen LogP contribution in [0.2, 0.25) is 0 Å². The largest absolute Gasteiger partial charge is 0.449 e. The number of morpholine rings is 1. The van der Waals surface area contributed by atoms with Gasteiger partial charge in [-0.3, -0.25) is 4.79 Å². The molecule has 2 aromatic rings. The van der Waals surface area contributed by atoms with Gasteiger partial charge in [-0.05, 0) is 26.0 Å². The molecule has 27 heavy (non-hydrogen) atoms. The van der Waals surface area contributed by atoms with Crippen molar-refractivity contribution in [2.24, 2.45) is 0 Å². The predicted molar refractivity (Wildman–Crippen MR) is 97.3 cm³/mol. The minimum absolute atomic E-state index is 0.220. The fourth-order valence-corrected chi connectivity index (χ4v) is 3.47. The minimum atomic E-state index is -0.869. The number of pyridine rings is 1. The molecule has 3 rings (SSSR count). The minimum Gasteiger partial charge on any atom is -0.449 e. The number of nitrogens with zero attached hydrogens (tertiary/aromatic N) is 3. The van der Waals surface area contributed by atoms with Gasteiger partial charge in [0.15, 0.2) is 6.10 Å². The van der Waals surface area contributed by atoms with Gasteiger partial charge in [0.05, 0.1) is 24.5 Å². The molecule has 1 amide bonds. The summed E-state index contributed by atoms with van der Waals surface area (Å²) in [7, 11) is 0. The molecule has 1 aliphatic heterocycles. The van der Waals surface area contributed by atoms with Crippen LogP contribution >= 0.6 is 11.8 Å². The number of ether oxygens (including phenoxy) is 2. The summed E-state index contributed by atoms with van der Waals surface area (Å²) in [6.45, 7) is 5.40. The number of aromatic nitrogens is 2. The lowest BCUT2D eigenvalue weighted by Crippen LogP contribution is -2.46. The highest BCUT2D eigenvalue weighted by Crippen LogP contribution is 2.25. The molecule has 0 radical (unpaired) electrons. The molecule has 0 N–H and O–H groups in total. The van der Waals surface area contributed by atoms with Gasteiger partial charge < -0.3 is 18.9 Å². The number of esters is 1. The Kier molecular flexibility index (Phi) is 6.46. The molecule has 1 saturated heterocycles. The summed E-state index contributed by atoms with van der Waals surface area (Å²) in [6.07, 6.45) is 0.738. The Morgan fingerprint density at radius 2 is 2.15 bits per heavy atom. The molecule has 0 spiro atoms. The Bertz CT molecular complexity index is 804. The van der Waals surface area contributed by atoms with Gasteiger partial charge in [0.2, 0.25) is 0 Å². The summed E-state index contributed by atoms with van der Waals surface area (Å²) in [5, 5.41) is 4.45. The molecule has 0 bridgehead atoms. The monoisotopic (exact) mass is 391 g/mol. The zero-order valence-corrected chi connectivity index (χ0v) is 16.0. The molecular weight excluding hydrogens is 370 g/mol. The van der Waals surface area contributed by atoms with Gasteiger partial charge in [0, 0.05) is 31.1 Å². The van der Waals surface area contributed by atoms with Gasteiger partial charge in [-0.2, -0.15) is 0 Å². The van der Waals surface area contributed by atoms with Crippen LogP contribution in [0.3, 0.4) is 0 Å². The molecule has 0 aliphatic carbocycles. The van der Waals surface area contributed by atoms with E-state index in [0.717, 1.165) is 11.5 Å². The maximum absolute atomic E-state index is 12.6. The second-order valence-electron chi connectivity index (χ2n) is 6.06. The van der Waals surface area contributed by atoms with Gasteiger partial charge in [-0.25, -0.2) is 9.78 Å². The van der Waals surface area contributed by atoms with E-state index in [2.05, 4.69) is 10.1 Å². The molecular formula is C18H21N3O5S. The molecule has 0 unspecified atom stereocenters. The van der Waals surface area contributed by atoms with Crippen LogP contribution in [0.15, 0.2) is 33.9 Å². The highest BCUT2D eigenvalue weighted by atomic mass is 32.2. The number of carbonyl (C=O) groups is 2. The van der Waals surface area contributed by atoms with E-state index in [0.29, 0.717) is 42.6 Å². The topological polar surface area (TPSA) is 94.8 Å². The van der Waals surface area contributed by atoms with Crippen molar-refractivity contribution in [2.75, 3.05) is 26.3 Å². The lowest BCUT2D eigenvalue weighted by molar-refractivity contribution is -0.143. The summed E-state index contributed by atoms with van der Waals surface area (Å²) in [6, 6.07) is 5.13. The molecule has 1 atom stereocenters. The fourth-order valence-electron chi connectivity index (χ4n) is 2.60. The van der Waals surface area contributed by atoms with E-state index in [1.54, 1.807) is 30.2 Å². The van der Waals surface area contributed by atoms with Crippen molar-refractivity contribution < 1.29 is 23.6 Å². The van der Waals surface area contributed by atoms with Crippen molar-refractivity contribution in [2.45, 2.75) is 30.7 Å². The molecule has 0 aromatic carbocycles. The average molecular weight is 391 g/mol. The van der Waals surface area contributed by atoms with E-state index in [9.17, 15) is 9.59 Å². The summed E-state index contributed by atoms with van der Waals surface area (Å²) >= 11 is 1.36. The maximum Gasteiger partial charge on any atom is 0.341 e. The lowest BCUT2D eigenvalue weighted by atomic mass is 10.2. The van der Waals surface area contributed by atoms with E-state index in [4.69, 9.17) is 14.0 Å². The highest BCUT2D eigenvalue weighted by molar-refractivity contribution is 7.98. The van der Waals surface area contributed by atoms with Crippen LogP contribution in [0.1, 0.15) is 28.7 Å². The number of carbonyl (C=O) groups excluding carboxylic acids is 2. The Morgan fingerprint density at radius 1 is 1.37 bits per heavy atom. The number of thioether (sulfide) groups is 1. The van der Waals surface area contributed by atoms with Gasteiger partial charge in [0.1, 0.15) is 10.8 Å². The Labute approximate surface area is 161 Å². The van der Waals surface area contributed by atoms with Crippen LogP contribution in [0.25, 0.3) is 0 Å². The highest BCUT2D eigenvalue weighted by Gasteiger charge is 2.26. The zero-order valence-electron chi connectivity index (χ0n) is 15.2. The first-order chi connectivity index (χ1) is 13.0. The lowest BCUT2D eigenvalue weighted by Gasteiger charge is -2.29. The van der Waals surface area contributed by atoms with E-state index in [1.807, 2.05) is 13.0 Å². The molecule has 3 heterocycles. The number of aryl methyl sites for hydroxylation is 1. The maximum atomic E-state index is 12.6. The van der Waals surface area contributed by atoms with Crippen molar-refractivity contribution in [3.63, 3.8) is 0 Å². The third kappa shape index (κ3) is 5.08. The van der Waals surface area contributed by atoms with Crippen LogP contribution in [0.4, 0.5) is 0 Å². The SMILES string of the molecule is Cc1cc(CSc2ncccc2C(=O)O[C@@H](C)C(=O)N2CCOCC2)no1. The number of amides is 1. The molecule has 0 saturated carbocycles. The van der Waals surface area contributed by atoms with E-state index >= 15 is 0 Å². The van der Waals surface area contributed by atoms with Crippen molar-refractivity contribution in [3.05, 3.63) is 41.4 Å². The molecule has 1 aliphatic rings. The first kappa shape index (κ1) is 19.4. The normalized spacial score (nSPS) is 15.4. The Morgan fingerprint density at radius 3 is 2.85 bits per heavy atom. The van der Waals surface area contributed by atoms with Crippen molar-refractivity contribution >= 4 is 23.6 Å². The summed E-state index contributed by atoms with van der Waals surface area (Å²) < 4.78 is 15.7. The zero-order chi connectivity index (χ0) is 19.2. The van der Waals surface area contributed by atoms with E-state index < -0.39 is 12.1 Å². The Hall–Kier alpha value is -2.39. The van der Waals surface area contributed by atoms with Crippen LogP contribution in [0.5, 0.6) is 0 Å². The molecule has 8 nitrogen and oxygen atoms in total. The number of hydrogen-bond donors (Lipinski definition) is 0. The van der Waals surface area contributed by atoms with Gasteiger partial charge in [0.25, 0.3) is 5.91 Å². The first-order valence-electron chi connectivity index (χ1n) is 8.62. The third-order valence-corrected chi connectivity index (χ3v) is 5.02. The van der Waals surface area contributed by atoms with E-state index in [-0.39, 0.29) is 5.91 Å². The van der Waals surface area contributed by atoms with Crippen LogP contribution < -0.4 is 0 Å². The average Bonchev–Trinajstić information content (AvgIpc) is 3.11. The van der Waals surface area contributed by atoms with Gasteiger partial charge >= 0.3 is 5.97 Å². The van der Waals surface area contributed by atoms with Crippen molar-refractivity contribution in [1.29, 1.82) is 0 Å². The van der Waals surface area contributed by atoms with Crippen LogP contribution in [-0.4, -0.2) is 59.3 Å². The summed E-state index contributed by atoms with van der Waals surface area (Å²) in [4.78, 5) is 30.9. The van der Waals surface area contributed by atoms with Gasteiger partial charge in [-0.15, -0.1) is 0 Å².